The van der Waals surface area contributed by atoms with E-state index < -0.39 is 0 Å². The Balaban J connectivity index is 1.41. The van der Waals surface area contributed by atoms with Crippen LogP contribution in [0.5, 0.6) is 0 Å². The number of rotatable bonds is 5. The van der Waals surface area contributed by atoms with E-state index in [9.17, 15) is 9.59 Å². The molecule has 8 nitrogen and oxygen atoms in total. The summed E-state index contributed by atoms with van der Waals surface area (Å²) in [5.41, 5.74) is 4.51. The molecule has 0 bridgehead atoms. The number of amidine groups is 1. The lowest BCUT2D eigenvalue weighted by molar-refractivity contribution is 0.0926. The van der Waals surface area contributed by atoms with Gasteiger partial charge in [0, 0.05) is 23.5 Å². The smallest absolute Gasteiger partial charge is 0.251 e. The molecule has 0 radical (unpaired) electrons. The number of fused-ring (bicyclic) bond motifs is 1. The van der Waals surface area contributed by atoms with Crippen LogP contribution in [-0.2, 0) is 0 Å². The first-order valence-corrected chi connectivity index (χ1v) is 10.7. The second-order valence-corrected chi connectivity index (χ2v) is 8.36. The molecule has 0 spiro atoms. The Hall–Kier alpha value is -3.81. The number of anilines is 1. The molecular formula is C24H24N6O2. The van der Waals surface area contributed by atoms with E-state index in [4.69, 9.17) is 0 Å². The van der Waals surface area contributed by atoms with Crippen molar-refractivity contribution >= 4 is 29.6 Å². The van der Waals surface area contributed by atoms with Gasteiger partial charge < -0.3 is 10.6 Å². The average molecular weight is 428 g/mol. The predicted octanol–water partition coefficient (Wildman–Crippen LogP) is 3.14. The molecule has 2 aliphatic heterocycles. The van der Waals surface area contributed by atoms with Crippen LogP contribution in [0.3, 0.4) is 0 Å². The molecule has 1 atom stereocenters. The molecule has 3 aliphatic rings. The Morgan fingerprint density at radius 1 is 1.12 bits per heavy atom. The summed E-state index contributed by atoms with van der Waals surface area (Å²) >= 11 is 0. The highest BCUT2D eigenvalue weighted by Gasteiger charge is 2.38. The van der Waals surface area contributed by atoms with Gasteiger partial charge in [0.1, 0.15) is 17.7 Å². The molecule has 1 fully saturated rings. The van der Waals surface area contributed by atoms with Crippen LogP contribution in [0.2, 0.25) is 0 Å². The number of pyridine rings is 1. The van der Waals surface area contributed by atoms with E-state index in [2.05, 4.69) is 25.7 Å². The zero-order valence-corrected chi connectivity index (χ0v) is 18.0. The molecular weight excluding hydrogens is 404 g/mol. The Morgan fingerprint density at radius 2 is 1.97 bits per heavy atom. The van der Waals surface area contributed by atoms with Crippen LogP contribution in [0.15, 0.2) is 64.0 Å². The molecule has 2 N–H and O–H groups in total. The third-order valence-electron chi connectivity index (χ3n) is 6.01. The SMILES string of the molecule is CC1=C2C(Nc3cc(C(=O)NC4CC4)ccc3C)=NC=NN2CC1C(=O)c1ccccn1. The number of ketones is 1. The van der Waals surface area contributed by atoms with Gasteiger partial charge in [0.05, 0.1) is 12.5 Å². The second kappa shape index (κ2) is 8.03. The number of carbonyl (C=O) groups excluding carboxylic acids is 2. The topological polar surface area (TPSA) is 99.0 Å². The summed E-state index contributed by atoms with van der Waals surface area (Å²) in [5.74, 6) is 0.159. The molecule has 8 heteroatoms. The molecule has 162 valence electrons. The van der Waals surface area contributed by atoms with E-state index in [1.165, 1.54) is 6.34 Å². The maximum Gasteiger partial charge on any atom is 0.251 e. The number of nitrogens with zero attached hydrogens (tertiary/aromatic N) is 4. The minimum Gasteiger partial charge on any atom is -0.349 e. The van der Waals surface area contributed by atoms with E-state index in [0.29, 0.717) is 29.7 Å². The molecule has 1 aliphatic carbocycles. The Labute approximate surface area is 186 Å². The standard InChI is InChI=1S/C24H24N6O2/c1-14-6-7-16(24(32)28-17-8-9-17)11-20(14)29-23-21-15(2)18(12-30(21)27-13-26-23)22(31)19-5-3-4-10-25-19/h3-7,10-11,13,17-18H,8-9,12H2,1-2H3,(H,28,32)(H,26,27,29). The van der Waals surface area contributed by atoms with Gasteiger partial charge in [-0.1, -0.05) is 12.1 Å². The summed E-state index contributed by atoms with van der Waals surface area (Å²) in [6.45, 7) is 4.35. The largest absolute Gasteiger partial charge is 0.349 e. The maximum atomic E-state index is 13.1. The molecule has 2 aromatic rings. The molecule has 1 aromatic heterocycles. The van der Waals surface area contributed by atoms with E-state index in [0.717, 1.165) is 35.4 Å². The number of aromatic nitrogens is 1. The van der Waals surface area contributed by atoms with Gasteiger partial charge in [0.2, 0.25) is 0 Å². The lowest BCUT2D eigenvalue weighted by Gasteiger charge is -2.22. The zero-order valence-electron chi connectivity index (χ0n) is 18.0. The van der Waals surface area contributed by atoms with E-state index >= 15 is 0 Å². The number of aryl methyl sites for hydroxylation is 1. The number of aliphatic imine (C=N–C) groups is 1. The van der Waals surface area contributed by atoms with Crippen molar-refractivity contribution in [2.75, 3.05) is 11.9 Å². The minimum atomic E-state index is -0.348. The van der Waals surface area contributed by atoms with Gasteiger partial charge in [0.15, 0.2) is 11.6 Å². The fourth-order valence-corrected chi connectivity index (χ4v) is 3.97. The van der Waals surface area contributed by atoms with Crippen molar-refractivity contribution in [3.05, 3.63) is 70.7 Å². The van der Waals surface area contributed by atoms with E-state index in [1.807, 2.05) is 38.1 Å². The van der Waals surface area contributed by atoms with E-state index in [1.54, 1.807) is 23.3 Å². The number of hydrogen-bond acceptors (Lipinski definition) is 7. The first-order valence-electron chi connectivity index (χ1n) is 10.7. The predicted molar refractivity (Wildman–Crippen MR) is 123 cm³/mol. The highest BCUT2D eigenvalue weighted by molar-refractivity contribution is 6.13. The van der Waals surface area contributed by atoms with Crippen LogP contribution in [0.1, 0.15) is 46.2 Å². The van der Waals surface area contributed by atoms with Crippen molar-refractivity contribution in [3.63, 3.8) is 0 Å². The molecule has 3 heterocycles. The second-order valence-electron chi connectivity index (χ2n) is 8.36. The molecule has 1 aromatic carbocycles. The van der Waals surface area contributed by atoms with Crippen molar-refractivity contribution in [2.45, 2.75) is 32.7 Å². The van der Waals surface area contributed by atoms with E-state index in [-0.39, 0.29) is 17.6 Å². The summed E-state index contributed by atoms with van der Waals surface area (Å²) in [7, 11) is 0. The van der Waals surface area contributed by atoms with Crippen LogP contribution in [0, 0.1) is 12.8 Å². The Kier molecular flexibility index (Phi) is 5.05. The first kappa shape index (κ1) is 20.1. The fourth-order valence-electron chi connectivity index (χ4n) is 3.97. The van der Waals surface area contributed by atoms with Crippen LogP contribution in [-0.4, -0.2) is 46.4 Å². The summed E-state index contributed by atoms with van der Waals surface area (Å²) < 4.78 is 0. The van der Waals surface area contributed by atoms with Gasteiger partial charge >= 0.3 is 0 Å². The third-order valence-corrected chi connectivity index (χ3v) is 6.01. The number of benzene rings is 1. The number of Topliss-reactive ketones (excluding diaryl/α,β-unsaturated/α-hetero) is 1. The quantitative estimate of drug-likeness (QED) is 0.713. The molecule has 1 saturated carbocycles. The lowest BCUT2D eigenvalue weighted by Crippen LogP contribution is -2.29. The molecule has 0 saturated heterocycles. The number of carbonyl (C=O) groups is 2. The molecule has 32 heavy (non-hydrogen) atoms. The molecule has 1 amide bonds. The van der Waals surface area contributed by atoms with Gasteiger partial charge in [0.25, 0.3) is 5.91 Å². The fraction of sp³-hybridized carbons (Fsp3) is 0.292. The van der Waals surface area contributed by atoms with Crippen molar-refractivity contribution in [3.8, 4) is 0 Å². The van der Waals surface area contributed by atoms with Gasteiger partial charge in [-0.3, -0.25) is 19.6 Å². The van der Waals surface area contributed by atoms with Gasteiger partial charge in [-0.25, -0.2) is 4.99 Å². The van der Waals surface area contributed by atoms with Crippen LogP contribution in [0.4, 0.5) is 5.69 Å². The number of hydrazone groups is 1. The zero-order chi connectivity index (χ0) is 22.2. The number of hydrogen-bond donors (Lipinski definition) is 2. The average Bonchev–Trinajstić information content (AvgIpc) is 3.56. The highest BCUT2D eigenvalue weighted by atomic mass is 16.1. The first-order chi connectivity index (χ1) is 15.5. The summed E-state index contributed by atoms with van der Waals surface area (Å²) in [5, 5.41) is 12.5. The van der Waals surface area contributed by atoms with Crippen molar-refractivity contribution in [1.29, 1.82) is 0 Å². The Morgan fingerprint density at radius 3 is 2.72 bits per heavy atom. The summed E-state index contributed by atoms with van der Waals surface area (Å²) in [6.07, 6.45) is 5.19. The van der Waals surface area contributed by atoms with Crippen LogP contribution in [0.25, 0.3) is 0 Å². The minimum absolute atomic E-state index is 0.0329. The van der Waals surface area contributed by atoms with Crippen molar-refractivity contribution in [2.24, 2.45) is 16.0 Å². The number of amides is 1. The van der Waals surface area contributed by atoms with Gasteiger partial charge in [-0.15, -0.1) is 0 Å². The normalized spacial score (nSPS) is 19.5. The van der Waals surface area contributed by atoms with Gasteiger partial charge in [-0.2, -0.15) is 5.10 Å². The van der Waals surface area contributed by atoms with Crippen LogP contribution >= 0.6 is 0 Å². The number of nitrogens with one attached hydrogen (secondary N) is 2. The summed E-state index contributed by atoms with van der Waals surface area (Å²) in [4.78, 5) is 34.2. The summed E-state index contributed by atoms with van der Waals surface area (Å²) in [6, 6.07) is 11.2. The molecule has 5 rings (SSSR count). The molecule has 1 unspecified atom stereocenters. The third kappa shape index (κ3) is 3.79. The monoisotopic (exact) mass is 428 g/mol. The van der Waals surface area contributed by atoms with Crippen molar-refractivity contribution < 1.29 is 9.59 Å². The van der Waals surface area contributed by atoms with Crippen molar-refractivity contribution in [1.82, 2.24) is 15.3 Å². The van der Waals surface area contributed by atoms with Gasteiger partial charge in [-0.05, 0) is 62.1 Å². The maximum absolute atomic E-state index is 13.1. The lowest BCUT2D eigenvalue weighted by atomic mass is 9.95. The highest BCUT2D eigenvalue weighted by Crippen LogP contribution is 2.33. The van der Waals surface area contributed by atoms with Crippen LogP contribution < -0.4 is 10.6 Å². The Bertz CT molecular complexity index is 1180.